The van der Waals surface area contributed by atoms with E-state index in [1.54, 1.807) is 20.0 Å². The fraction of sp³-hybridized carbons (Fsp3) is 0.556. The van der Waals surface area contributed by atoms with Crippen LogP contribution in [0.1, 0.15) is 17.4 Å². The Hall–Kier alpha value is -1.52. The summed E-state index contributed by atoms with van der Waals surface area (Å²) in [6.07, 6.45) is 0. The molecular weight excluding hydrogens is 182 g/mol. The van der Waals surface area contributed by atoms with Crippen LogP contribution in [0.5, 0.6) is 0 Å². The highest BCUT2D eigenvalue weighted by atomic mass is 16.5. The van der Waals surface area contributed by atoms with Gasteiger partial charge in [0.1, 0.15) is 5.69 Å². The molecule has 0 spiro atoms. The second-order valence-corrected chi connectivity index (χ2v) is 3.13. The van der Waals surface area contributed by atoms with Gasteiger partial charge in [-0.1, -0.05) is 0 Å². The summed E-state index contributed by atoms with van der Waals surface area (Å²) in [7, 11) is 5.47. The number of hydrogen-bond donors (Lipinski definition) is 0. The highest BCUT2D eigenvalue weighted by Gasteiger charge is 2.14. The SMILES string of the molecule is CCOC(=O)c1cc(N(C)C)nn1C. The van der Waals surface area contributed by atoms with Crippen molar-refractivity contribution in [2.75, 3.05) is 25.6 Å². The smallest absolute Gasteiger partial charge is 0.356 e. The molecule has 14 heavy (non-hydrogen) atoms. The fourth-order valence-corrected chi connectivity index (χ4v) is 1.07. The number of hydrogen-bond acceptors (Lipinski definition) is 4. The summed E-state index contributed by atoms with van der Waals surface area (Å²) in [5, 5.41) is 4.16. The van der Waals surface area contributed by atoms with Crippen LogP contribution in [0.2, 0.25) is 0 Å². The van der Waals surface area contributed by atoms with Gasteiger partial charge in [-0.05, 0) is 6.92 Å². The molecule has 0 unspecified atom stereocenters. The van der Waals surface area contributed by atoms with Gasteiger partial charge in [0.25, 0.3) is 0 Å². The third-order valence-corrected chi connectivity index (χ3v) is 1.81. The molecule has 78 valence electrons. The first kappa shape index (κ1) is 10.6. The minimum absolute atomic E-state index is 0.337. The third-order valence-electron chi connectivity index (χ3n) is 1.81. The summed E-state index contributed by atoms with van der Waals surface area (Å²) >= 11 is 0. The summed E-state index contributed by atoms with van der Waals surface area (Å²) in [6, 6.07) is 1.71. The van der Waals surface area contributed by atoms with E-state index in [4.69, 9.17) is 4.74 Å². The largest absolute Gasteiger partial charge is 0.461 e. The maximum absolute atomic E-state index is 11.4. The molecule has 0 saturated carbocycles. The van der Waals surface area contributed by atoms with Crippen molar-refractivity contribution < 1.29 is 9.53 Å². The topological polar surface area (TPSA) is 47.4 Å². The minimum Gasteiger partial charge on any atom is -0.461 e. The molecule has 0 bridgehead atoms. The second-order valence-electron chi connectivity index (χ2n) is 3.13. The summed E-state index contributed by atoms with van der Waals surface area (Å²) in [5.41, 5.74) is 0.468. The third kappa shape index (κ3) is 2.04. The lowest BCUT2D eigenvalue weighted by atomic mass is 10.4. The molecule has 0 aliphatic rings. The molecule has 1 aromatic rings. The van der Waals surface area contributed by atoms with Gasteiger partial charge in [-0.3, -0.25) is 4.68 Å². The number of aromatic nitrogens is 2. The van der Waals surface area contributed by atoms with Crippen molar-refractivity contribution in [2.45, 2.75) is 6.92 Å². The molecule has 1 aromatic heterocycles. The van der Waals surface area contributed by atoms with Gasteiger partial charge in [-0.15, -0.1) is 0 Å². The van der Waals surface area contributed by atoms with Crippen molar-refractivity contribution in [3.63, 3.8) is 0 Å². The van der Waals surface area contributed by atoms with Crippen molar-refractivity contribution in [3.05, 3.63) is 11.8 Å². The first-order valence-corrected chi connectivity index (χ1v) is 4.44. The van der Waals surface area contributed by atoms with E-state index in [0.717, 1.165) is 5.82 Å². The zero-order valence-electron chi connectivity index (χ0n) is 8.94. The van der Waals surface area contributed by atoms with Gasteiger partial charge in [0, 0.05) is 27.2 Å². The number of esters is 1. The Kier molecular flexibility index (Phi) is 3.11. The highest BCUT2D eigenvalue weighted by molar-refractivity contribution is 5.88. The molecule has 0 aromatic carbocycles. The van der Waals surface area contributed by atoms with Crippen LogP contribution in [0.3, 0.4) is 0 Å². The van der Waals surface area contributed by atoms with Crippen LogP contribution in [0.4, 0.5) is 5.82 Å². The van der Waals surface area contributed by atoms with Gasteiger partial charge >= 0.3 is 5.97 Å². The zero-order chi connectivity index (χ0) is 10.7. The van der Waals surface area contributed by atoms with E-state index in [1.807, 2.05) is 19.0 Å². The van der Waals surface area contributed by atoms with E-state index in [0.29, 0.717) is 12.3 Å². The summed E-state index contributed by atoms with van der Waals surface area (Å²) in [4.78, 5) is 13.2. The normalized spacial score (nSPS) is 10.0. The molecule has 0 fully saturated rings. The van der Waals surface area contributed by atoms with E-state index in [9.17, 15) is 4.79 Å². The zero-order valence-corrected chi connectivity index (χ0v) is 8.94. The Bertz CT molecular complexity index is 331. The van der Waals surface area contributed by atoms with Gasteiger partial charge < -0.3 is 9.64 Å². The number of nitrogens with zero attached hydrogens (tertiary/aromatic N) is 3. The Morgan fingerprint density at radius 3 is 2.71 bits per heavy atom. The maximum Gasteiger partial charge on any atom is 0.356 e. The van der Waals surface area contributed by atoms with Crippen molar-refractivity contribution in [1.29, 1.82) is 0 Å². The average molecular weight is 197 g/mol. The van der Waals surface area contributed by atoms with Gasteiger partial charge in [0.05, 0.1) is 6.61 Å². The Labute approximate surface area is 83.3 Å². The lowest BCUT2D eigenvalue weighted by Gasteiger charge is -2.05. The minimum atomic E-state index is -0.337. The average Bonchev–Trinajstić information content (AvgIpc) is 2.48. The molecule has 5 heteroatoms. The van der Waals surface area contributed by atoms with Crippen LogP contribution >= 0.6 is 0 Å². The van der Waals surface area contributed by atoms with Crippen molar-refractivity contribution in [3.8, 4) is 0 Å². The van der Waals surface area contributed by atoms with Crippen LogP contribution < -0.4 is 4.90 Å². The standard InChI is InChI=1S/C9H15N3O2/c1-5-14-9(13)7-6-8(11(2)3)10-12(7)4/h6H,5H2,1-4H3. The Balaban J connectivity index is 2.92. The van der Waals surface area contributed by atoms with E-state index in [2.05, 4.69) is 5.10 Å². The molecule has 0 saturated heterocycles. The van der Waals surface area contributed by atoms with Crippen molar-refractivity contribution >= 4 is 11.8 Å². The van der Waals surface area contributed by atoms with Crippen molar-refractivity contribution in [1.82, 2.24) is 9.78 Å². The predicted molar refractivity (Wildman–Crippen MR) is 53.5 cm³/mol. The number of aryl methyl sites for hydroxylation is 1. The first-order valence-electron chi connectivity index (χ1n) is 4.44. The molecule has 0 aliphatic carbocycles. The maximum atomic E-state index is 11.4. The molecule has 0 atom stereocenters. The number of carbonyl (C=O) groups is 1. The molecule has 0 amide bonds. The van der Waals surface area contributed by atoms with E-state index >= 15 is 0 Å². The molecule has 1 heterocycles. The number of carbonyl (C=O) groups excluding carboxylic acids is 1. The summed E-state index contributed by atoms with van der Waals surface area (Å²) in [6.45, 7) is 2.16. The summed E-state index contributed by atoms with van der Waals surface area (Å²) in [5.74, 6) is 0.408. The molecule has 5 nitrogen and oxygen atoms in total. The first-order chi connectivity index (χ1) is 6.56. The summed E-state index contributed by atoms with van der Waals surface area (Å²) < 4.78 is 6.40. The van der Waals surface area contributed by atoms with E-state index < -0.39 is 0 Å². The van der Waals surface area contributed by atoms with Crippen LogP contribution in [0, 0.1) is 0 Å². The predicted octanol–water partition coefficient (Wildman–Crippen LogP) is 0.663. The van der Waals surface area contributed by atoms with Crippen LogP contribution in [0.15, 0.2) is 6.07 Å². The lowest BCUT2D eigenvalue weighted by Crippen LogP contribution is -2.10. The van der Waals surface area contributed by atoms with Gasteiger partial charge in [0.2, 0.25) is 0 Å². The monoisotopic (exact) mass is 197 g/mol. The molecule has 0 aliphatic heterocycles. The Morgan fingerprint density at radius 1 is 1.64 bits per heavy atom. The Morgan fingerprint density at radius 2 is 2.29 bits per heavy atom. The number of ether oxygens (including phenoxy) is 1. The van der Waals surface area contributed by atoms with Crippen LogP contribution in [0.25, 0.3) is 0 Å². The highest BCUT2D eigenvalue weighted by Crippen LogP contribution is 2.11. The van der Waals surface area contributed by atoms with E-state index in [-0.39, 0.29) is 5.97 Å². The molecular formula is C9H15N3O2. The lowest BCUT2D eigenvalue weighted by molar-refractivity contribution is 0.0513. The van der Waals surface area contributed by atoms with Crippen LogP contribution in [-0.4, -0.2) is 36.5 Å². The molecule has 0 N–H and O–H groups in total. The quantitative estimate of drug-likeness (QED) is 0.668. The molecule has 0 radical (unpaired) electrons. The number of rotatable bonds is 3. The van der Waals surface area contributed by atoms with E-state index in [1.165, 1.54) is 4.68 Å². The van der Waals surface area contributed by atoms with Crippen molar-refractivity contribution in [2.24, 2.45) is 7.05 Å². The molecule has 1 rings (SSSR count). The van der Waals surface area contributed by atoms with Gasteiger partial charge in [-0.25, -0.2) is 4.79 Å². The number of anilines is 1. The van der Waals surface area contributed by atoms with Gasteiger partial charge in [-0.2, -0.15) is 5.10 Å². The second kappa shape index (κ2) is 4.13. The van der Waals surface area contributed by atoms with Crippen LogP contribution in [-0.2, 0) is 11.8 Å². The van der Waals surface area contributed by atoms with Gasteiger partial charge in [0.15, 0.2) is 5.82 Å². The fourth-order valence-electron chi connectivity index (χ4n) is 1.07.